The zero-order chi connectivity index (χ0) is 15.4. The molecule has 0 fully saturated rings. The highest BCUT2D eigenvalue weighted by molar-refractivity contribution is 5.96. The summed E-state index contributed by atoms with van der Waals surface area (Å²) in [6.45, 7) is 3.59. The minimum Gasteiger partial charge on any atom is -0.374 e. The molecule has 1 amide bonds. The summed E-state index contributed by atoms with van der Waals surface area (Å²) < 4.78 is 26.5. The van der Waals surface area contributed by atoms with Crippen LogP contribution in [0.2, 0.25) is 0 Å². The maximum Gasteiger partial charge on any atom is 0.246 e. The first-order valence-electron chi connectivity index (χ1n) is 6.55. The average Bonchev–Trinajstić information content (AvgIpc) is 2.43. The van der Waals surface area contributed by atoms with Crippen LogP contribution < -0.4 is 10.6 Å². The lowest BCUT2D eigenvalue weighted by atomic mass is 10.2. The minimum atomic E-state index is -0.674. The van der Waals surface area contributed by atoms with Gasteiger partial charge in [0.05, 0.1) is 5.69 Å². The van der Waals surface area contributed by atoms with E-state index in [1.807, 2.05) is 31.2 Å². The SMILES string of the molecule is Cc1cccc(NC(C)C(=O)Nc2cc(F)ccc2F)c1. The third-order valence-corrected chi connectivity index (χ3v) is 2.98. The number of carbonyl (C=O) groups excluding carboxylic acids is 1. The first-order valence-corrected chi connectivity index (χ1v) is 6.55. The average molecular weight is 290 g/mol. The van der Waals surface area contributed by atoms with Crippen LogP contribution in [-0.4, -0.2) is 11.9 Å². The van der Waals surface area contributed by atoms with Crippen LogP contribution in [0.3, 0.4) is 0 Å². The van der Waals surface area contributed by atoms with E-state index in [9.17, 15) is 13.6 Å². The molecule has 2 rings (SSSR count). The normalized spacial score (nSPS) is 11.8. The fourth-order valence-corrected chi connectivity index (χ4v) is 1.88. The number of rotatable bonds is 4. The van der Waals surface area contributed by atoms with Crippen molar-refractivity contribution in [3.05, 3.63) is 59.7 Å². The molecule has 5 heteroatoms. The van der Waals surface area contributed by atoms with Gasteiger partial charge in [-0.3, -0.25) is 4.79 Å². The quantitative estimate of drug-likeness (QED) is 0.901. The van der Waals surface area contributed by atoms with E-state index in [2.05, 4.69) is 10.6 Å². The van der Waals surface area contributed by atoms with Gasteiger partial charge in [-0.1, -0.05) is 12.1 Å². The molecule has 0 radical (unpaired) electrons. The Morgan fingerprint density at radius 2 is 1.90 bits per heavy atom. The Morgan fingerprint density at radius 3 is 2.62 bits per heavy atom. The minimum absolute atomic E-state index is 0.169. The lowest BCUT2D eigenvalue weighted by Gasteiger charge is -2.16. The van der Waals surface area contributed by atoms with Crippen molar-refractivity contribution in [2.75, 3.05) is 10.6 Å². The van der Waals surface area contributed by atoms with Crippen molar-refractivity contribution >= 4 is 17.3 Å². The molecule has 0 saturated carbocycles. The van der Waals surface area contributed by atoms with Crippen molar-refractivity contribution < 1.29 is 13.6 Å². The summed E-state index contributed by atoms with van der Waals surface area (Å²) in [7, 11) is 0. The highest BCUT2D eigenvalue weighted by atomic mass is 19.1. The summed E-state index contributed by atoms with van der Waals surface area (Å²) in [6, 6.07) is 9.88. The standard InChI is InChI=1S/C16H16F2N2O/c1-10-4-3-5-13(8-10)19-11(2)16(21)20-15-9-12(17)6-7-14(15)18/h3-9,11,19H,1-2H3,(H,20,21). The highest BCUT2D eigenvalue weighted by Gasteiger charge is 2.15. The van der Waals surface area contributed by atoms with Gasteiger partial charge in [0.2, 0.25) is 5.91 Å². The number of amides is 1. The van der Waals surface area contributed by atoms with E-state index in [4.69, 9.17) is 0 Å². The first-order chi connectivity index (χ1) is 9.95. The molecule has 0 aliphatic carbocycles. The molecular formula is C16H16F2N2O. The third kappa shape index (κ3) is 4.02. The van der Waals surface area contributed by atoms with Gasteiger partial charge in [0, 0.05) is 11.8 Å². The number of hydrogen-bond donors (Lipinski definition) is 2. The van der Waals surface area contributed by atoms with Gasteiger partial charge in [-0.2, -0.15) is 0 Å². The largest absolute Gasteiger partial charge is 0.374 e. The van der Waals surface area contributed by atoms with E-state index in [0.29, 0.717) is 0 Å². The zero-order valence-electron chi connectivity index (χ0n) is 11.8. The van der Waals surface area contributed by atoms with Gasteiger partial charge in [-0.05, 0) is 43.7 Å². The maximum absolute atomic E-state index is 13.5. The fraction of sp³-hybridized carbons (Fsp3) is 0.188. The molecule has 2 N–H and O–H groups in total. The van der Waals surface area contributed by atoms with Gasteiger partial charge in [0.15, 0.2) is 0 Å². The maximum atomic E-state index is 13.5. The second-order valence-electron chi connectivity index (χ2n) is 4.85. The summed E-state index contributed by atoms with van der Waals surface area (Å²) in [5.41, 5.74) is 1.68. The molecule has 0 aromatic heterocycles. The molecule has 1 atom stereocenters. The Kier molecular flexibility index (Phi) is 4.52. The number of aryl methyl sites for hydroxylation is 1. The predicted molar refractivity (Wildman–Crippen MR) is 79.3 cm³/mol. The molecule has 2 aromatic rings. The van der Waals surface area contributed by atoms with Crippen molar-refractivity contribution in [1.29, 1.82) is 0 Å². The number of nitrogens with one attached hydrogen (secondary N) is 2. The monoisotopic (exact) mass is 290 g/mol. The lowest BCUT2D eigenvalue weighted by molar-refractivity contribution is -0.116. The molecule has 0 saturated heterocycles. The summed E-state index contributed by atoms with van der Waals surface area (Å²) in [4.78, 5) is 12.0. The van der Waals surface area contributed by atoms with Crippen LogP contribution in [0.1, 0.15) is 12.5 Å². The Bertz CT molecular complexity index is 658. The molecule has 0 bridgehead atoms. The molecule has 3 nitrogen and oxygen atoms in total. The molecular weight excluding hydrogens is 274 g/mol. The van der Waals surface area contributed by atoms with Gasteiger partial charge < -0.3 is 10.6 Å². The zero-order valence-corrected chi connectivity index (χ0v) is 11.8. The van der Waals surface area contributed by atoms with Crippen LogP contribution in [0, 0.1) is 18.6 Å². The molecule has 0 aliphatic rings. The topological polar surface area (TPSA) is 41.1 Å². The van der Waals surface area contributed by atoms with Gasteiger partial charge in [0.1, 0.15) is 17.7 Å². The lowest BCUT2D eigenvalue weighted by Crippen LogP contribution is -2.32. The van der Waals surface area contributed by atoms with Gasteiger partial charge >= 0.3 is 0 Å². The summed E-state index contributed by atoms with van der Waals surface area (Å²) in [6.07, 6.45) is 0. The summed E-state index contributed by atoms with van der Waals surface area (Å²) >= 11 is 0. The van der Waals surface area contributed by atoms with Gasteiger partial charge in [-0.15, -0.1) is 0 Å². The first kappa shape index (κ1) is 15.0. The second kappa shape index (κ2) is 6.35. The smallest absolute Gasteiger partial charge is 0.246 e. The molecule has 2 aromatic carbocycles. The van der Waals surface area contributed by atoms with E-state index in [0.717, 1.165) is 29.4 Å². The Balaban J connectivity index is 2.04. The van der Waals surface area contributed by atoms with Crippen molar-refractivity contribution in [1.82, 2.24) is 0 Å². The van der Waals surface area contributed by atoms with E-state index >= 15 is 0 Å². The summed E-state index contributed by atoms with van der Waals surface area (Å²) in [5.74, 6) is -1.72. The van der Waals surface area contributed by atoms with Crippen LogP contribution in [0.5, 0.6) is 0 Å². The molecule has 21 heavy (non-hydrogen) atoms. The number of carbonyl (C=O) groups is 1. The van der Waals surface area contributed by atoms with E-state index in [1.165, 1.54) is 0 Å². The van der Waals surface area contributed by atoms with Crippen LogP contribution in [0.25, 0.3) is 0 Å². The Morgan fingerprint density at radius 1 is 1.14 bits per heavy atom. The predicted octanol–water partition coefficient (Wildman–Crippen LogP) is 3.71. The Hall–Kier alpha value is -2.43. The number of benzene rings is 2. The molecule has 0 spiro atoms. The highest BCUT2D eigenvalue weighted by Crippen LogP contribution is 2.16. The van der Waals surface area contributed by atoms with E-state index in [-0.39, 0.29) is 5.69 Å². The second-order valence-corrected chi connectivity index (χ2v) is 4.85. The number of anilines is 2. The van der Waals surface area contributed by atoms with Gasteiger partial charge in [-0.25, -0.2) is 8.78 Å². The molecule has 0 aliphatic heterocycles. The van der Waals surface area contributed by atoms with E-state index < -0.39 is 23.6 Å². The molecule has 0 heterocycles. The van der Waals surface area contributed by atoms with Crippen molar-refractivity contribution in [3.63, 3.8) is 0 Å². The van der Waals surface area contributed by atoms with Crippen LogP contribution in [0.15, 0.2) is 42.5 Å². The van der Waals surface area contributed by atoms with Crippen molar-refractivity contribution in [2.45, 2.75) is 19.9 Å². The Labute approximate surface area is 122 Å². The number of hydrogen-bond acceptors (Lipinski definition) is 2. The van der Waals surface area contributed by atoms with Crippen molar-refractivity contribution in [3.8, 4) is 0 Å². The van der Waals surface area contributed by atoms with Crippen LogP contribution >= 0.6 is 0 Å². The molecule has 110 valence electrons. The summed E-state index contributed by atoms with van der Waals surface area (Å²) in [5, 5.41) is 5.38. The van der Waals surface area contributed by atoms with Gasteiger partial charge in [0.25, 0.3) is 0 Å². The number of halogens is 2. The van der Waals surface area contributed by atoms with E-state index in [1.54, 1.807) is 6.92 Å². The van der Waals surface area contributed by atoms with Crippen LogP contribution in [0.4, 0.5) is 20.2 Å². The van der Waals surface area contributed by atoms with Crippen LogP contribution in [-0.2, 0) is 4.79 Å². The van der Waals surface area contributed by atoms with Crippen molar-refractivity contribution in [2.24, 2.45) is 0 Å². The third-order valence-electron chi connectivity index (χ3n) is 2.98. The fourth-order valence-electron chi connectivity index (χ4n) is 1.88. The molecule has 1 unspecified atom stereocenters.